The number of allylic oxidation sites excluding steroid dienone is 1. The van der Waals surface area contributed by atoms with E-state index >= 15 is 0 Å². The number of rotatable bonds is 8. The Kier molecular flexibility index (Phi) is 5.93. The number of aromatic nitrogens is 2. The van der Waals surface area contributed by atoms with Crippen LogP contribution in [-0.2, 0) is 23.4 Å². The van der Waals surface area contributed by atoms with Crippen LogP contribution >= 0.6 is 7.82 Å². The van der Waals surface area contributed by atoms with Crippen LogP contribution < -0.4 is 11.4 Å². The standard InChI is InChI=1S/C18H22N3O12P/c19-10-3-4-21(17(28)20-10)14-13(23)12(22)9(32-14)5-8(33-34(29,30)31)11-6-1-2-7(15(24)25)18(6,11)16(26)27/h2-4,6,8-9,11-14,22-23H,1,5H2,(H,24,25)(H,26,27)(H2,19,20,28)(H2,29,30,31)/t6-,8?,9-,11?,12-,13-,14-,18-/m1/s1. The summed E-state index contributed by atoms with van der Waals surface area (Å²) >= 11 is 0. The number of hydrogen-bond acceptors (Lipinski definition) is 10. The fourth-order valence-corrected chi connectivity index (χ4v) is 5.85. The van der Waals surface area contributed by atoms with Crippen LogP contribution in [0.4, 0.5) is 5.82 Å². The molecule has 2 unspecified atom stereocenters. The Bertz CT molecular complexity index is 1160. The van der Waals surface area contributed by atoms with Gasteiger partial charge in [-0.2, -0.15) is 4.98 Å². The van der Waals surface area contributed by atoms with Gasteiger partial charge in [0.25, 0.3) is 0 Å². The summed E-state index contributed by atoms with van der Waals surface area (Å²) in [6.07, 6.45) is -5.73. The molecule has 8 atom stereocenters. The van der Waals surface area contributed by atoms with Gasteiger partial charge in [0.05, 0.1) is 17.8 Å². The van der Waals surface area contributed by atoms with Gasteiger partial charge in [-0.25, -0.2) is 14.2 Å². The highest BCUT2D eigenvalue weighted by molar-refractivity contribution is 7.46. The lowest BCUT2D eigenvalue weighted by Gasteiger charge is -2.25. The first-order valence-corrected chi connectivity index (χ1v) is 11.6. The van der Waals surface area contributed by atoms with Gasteiger partial charge in [-0.3, -0.25) is 13.9 Å². The van der Waals surface area contributed by atoms with E-state index in [0.717, 1.165) is 4.57 Å². The second-order valence-electron chi connectivity index (χ2n) is 8.42. The molecule has 1 saturated heterocycles. The molecule has 1 aromatic rings. The van der Waals surface area contributed by atoms with Crippen LogP contribution in [0.3, 0.4) is 0 Å². The molecule has 0 spiro atoms. The lowest BCUT2D eigenvalue weighted by atomic mass is 9.90. The number of carboxylic acid groups (broad SMARTS) is 2. The molecule has 16 heteroatoms. The fraction of sp³-hybridized carbons (Fsp3) is 0.556. The Morgan fingerprint density at radius 3 is 2.56 bits per heavy atom. The van der Waals surface area contributed by atoms with Crippen LogP contribution in [0.5, 0.6) is 0 Å². The lowest BCUT2D eigenvalue weighted by Crippen LogP contribution is -2.37. The van der Waals surface area contributed by atoms with Crippen molar-refractivity contribution >= 4 is 25.6 Å². The molecule has 34 heavy (non-hydrogen) atoms. The Labute approximate surface area is 190 Å². The van der Waals surface area contributed by atoms with E-state index in [2.05, 4.69) is 4.98 Å². The number of fused-ring (bicyclic) bond motifs is 1. The van der Waals surface area contributed by atoms with Crippen molar-refractivity contribution in [3.05, 3.63) is 34.4 Å². The van der Waals surface area contributed by atoms with Gasteiger partial charge in [0.1, 0.15) is 23.4 Å². The molecule has 1 aromatic heterocycles. The number of aliphatic hydroxyl groups is 2. The molecule has 186 valence electrons. The molecular weight excluding hydrogens is 481 g/mol. The Morgan fingerprint density at radius 2 is 2.00 bits per heavy atom. The number of phosphoric acid groups is 1. The minimum Gasteiger partial charge on any atom is -0.481 e. The Hall–Kier alpha value is -2.65. The molecule has 0 aromatic carbocycles. The van der Waals surface area contributed by atoms with Gasteiger partial charge >= 0.3 is 25.5 Å². The molecule has 0 bridgehead atoms. The molecule has 2 fully saturated rings. The summed E-state index contributed by atoms with van der Waals surface area (Å²) in [6.45, 7) is 0. The summed E-state index contributed by atoms with van der Waals surface area (Å²) in [4.78, 5) is 58.1. The fourth-order valence-electron chi connectivity index (χ4n) is 5.28. The van der Waals surface area contributed by atoms with Crippen molar-refractivity contribution in [2.75, 3.05) is 5.73 Å². The van der Waals surface area contributed by atoms with Crippen molar-refractivity contribution in [2.45, 2.75) is 43.5 Å². The minimum absolute atomic E-state index is 0.0332. The number of carbonyl (C=O) groups is 2. The van der Waals surface area contributed by atoms with Crippen molar-refractivity contribution in [3.63, 3.8) is 0 Å². The number of phosphoric ester groups is 1. The maximum Gasteiger partial charge on any atom is 0.469 e. The third kappa shape index (κ3) is 3.84. The topological polar surface area (TPSA) is 252 Å². The van der Waals surface area contributed by atoms with Crippen molar-refractivity contribution in [2.24, 2.45) is 17.3 Å². The van der Waals surface area contributed by atoms with Gasteiger partial charge < -0.3 is 40.7 Å². The second-order valence-corrected chi connectivity index (χ2v) is 9.62. The van der Waals surface area contributed by atoms with E-state index in [9.17, 15) is 49.2 Å². The van der Waals surface area contributed by atoms with Crippen LogP contribution in [0.25, 0.3) is 0 Å². The normalized spacial score (nSPS) is 35.5. The number of nitrogen functional groups attached to an aromatic ring is 1. The highest BCUT2D eigenvalue weighted by Crippen LogP contribution is 2.71. The molecule has 1 aliphatic heterocycles. The van der Waals surface area contributed by atoms with E-state index in [1.54, 1.807) is 0 Å². The summed E-state index contributed by atoms with van der Waals surface area (Å²) in [5.74, 6) is -5.02. The monoisotopic (exact) mass is 503 g/mol. The number of anilines is 1. The van der Waals surface area contributed by atoms with E-state index in [1.807, 2.05) is 0 Å². The number of aliphatic hydroxyl groups excluding tert-OH is 2. The molecule has 8 N–H and O–H groups in total. The van der Waals surface area contributed by atoms with Crippen molar-refractivity contribution in [3.8, 4) is 0 Å². The zero-order valence-electron chi connectivity index (χ0n) is 17.2. The summed E-state index contributed by atoms with van der Waals surface area (Å²) < 4.78 is 22.9. The smallest absolute Gasteiger partial charge is 0.469 e. The average Bonchev–Trinajstić information content (AvgIpc) is 3.08. The quantitative estimate of drug-likeness (QED) is 0.190. The van der Waals surface area contributed by atoms with E-state index in [-0.39, 0.29) is 12.2 Å². The maximum atomic E-state index is 12.1. The third-order valence-corrected chi connectivity index (χ3v) is 7.19. The Morgan fingerprint density at radius 1 is 1.32 bits per heavy atom. The van der Waals surface area contributed by atoms with Gasteiger partial charge in [-0.15, -0.1) is 0 Å². The molecule has 2 aliphatic carbocycles. The van der Waals surface area contributed by atoms with Gasteiger partial charge in [-0.05, 0) is 18.4 Å². The minimum atomic E-state index is -5.20. The highest BCUT2D eigenvalue weighted by Gasteiger charge is 2.77. The van der Waals surface area contributed by atoms with Crippen molar-refractivity contribution in [1.29, 1.82) is 0 Å². The summed E-state index contributed by atoms with van der Waals surface area (Å²) in [7, 11) is -5.20. The number of aliphatic carboxylic acids is 2. The van der Waals surface area contributed by atoms with Gasteiger partial charge in [0.2, 0.25) is 0 Å². The van der Waals surface area contributed by atoms with Gasteiger partial charge in [0, 0.05) is 18.5 Å². The lowest BCUT2D eigenvalue weighted by molar-refractivity contribution is -0.146. The molecule has 0 amide bonds. The van der Waals surface area contributed by atoms with Crippen molar-refractivity contribution < 1.29 is 53.6 Å². The molecule has 2 heterocycles. The summed E-state index contributed by atoms with van der Waals surface area (Å²) in [5, 5.41) is 40.2. The van der Waals surface area contributed by atoms with Crippen LogP contribution in [0.2, 0.25) is 0 Å². The van der Waals surface area contributed by atoms with Crippen LogP contribution in [-0.4, -0.2) is 76.1 Å². The predicted molar refractivity (Wildman–Crippen MR) is 108 cm³/mol. The first-order chi connectivity index (χ1) is 15.8. The maximum absolute atomic E-state index is 12.1. The van der Waals surface area contributed by atoms with Crippen LogP contribution in [0.1, 0.15) is 19.1 Å². The SMILES string of the molecule is Nc1ccn([C@@H]2O[C@H](CC(OP(=O)(O)O)C3[C@H]4CC=C(C(=O)O)[C@@]34C(=O)O)[C@@H](O)[C@H]2O)c(=O)n1. The highest BCUT2D eigenvalue weighted by atomic mass is 31.2. The largest absolute Gasteiger partial charge is 0.481 e. The number of nitrogens with zero attached hydrogens (tertiary/aromatic N) is 2. The van der Waals surface area contributed by atoms with Crippen LogP contribution in [0.15, 0.2) is 28.7 Å². The number of hydrogen-bond donors (Lipinski definition) is 7. The van der Waals surface area contributed by atoms with E-state index in [4.69, 9.17) is 15.0 Å². The molecule has 15 nitrogen and oxygen atoms in total. The number of ether oxygens (including phenoxy) is 1. The molecule has 0 radical (unpaired) electrons. The number of nitrogens with two attached hydrogens (primary N) is 1. The average molecular weight is 503 g/mol. The van der Waals surface area contributed by atoms with E-state index < -0.39 is 85.3 Å². The zero-order chi connectivity index (χ0) is 25.2. The molecule has 3 aliphatic rings. The van der Waals surface area contributed by atoms with Gasteiger partial charge in [0.15, 0.2) is 6.23 Å². The first-order valence-electron chi connectivity index (χ1n) is 10.1. The first kappa shape index (κ1) is 24.5. The summed E-state index contributed by atoms with van der Waals surface area (Å²) in [6, 6.07) is 1.25. The zero-order valence-corrected chi connectivity index (χ0v) is 18.1. The molecule has 1 saturated carbocycles. The Balaban J connectivity index is 1.62. The van der Waals surface area contributed by atoms with E-state index in [1.165, 1.54) is 18.3 Å². The molecular formula is C18H22N3O12P. The van der Waals surface area contributed by atoms with Crippen molar-refractivity contribution in [1.82, 2.24) is 9.55 Å². The predicted octanol–water partition coefficient (Wildman–Crippen LogP) is -1.96. The van der Waals surface area contributed by atoms with E-state index in [0.29, 0.717) is 0 Å². The summed E-state index contributed by atoms with van der Waals surface area (Å²) in [5.41, 5.74) is 2.20. The van der Waals surface area contributed by atoms with Crippen LogP contribution in [0, 0.1) is 17.3 Å². The third-order valence-electron chi connectivity index (χ3n) is 6.64. The van der Waals surface area contributed by atoms with Gasteiger partial charge in [-0.1, -0.05) is 6.08 Å². The number of carboxylic acids is 2. The molecule has 4 rings (SSSR count). The second kappa shape index (κ2) is 8.23.